The van der Waals surface area contributed by atoms with Crippen LogP contribution in [0.25, 0.3) is 10.9 Å². The molecule has 0 bridgehead atoms. The quantitative estimate of drug-likeness (QED) is 0.391. The average Bonchev–Trinajstić information content (AvgIpc) is 2.81. The van der Waals surface area contributed by atoms with Crippen molar-refractivity contribution in [3.63, 3.8) is 0 Å². The highest BCUT2D eigenvalue weighted by atomic mass is 35.5. The van der Waals surface area contributed by atoms with Gasteiger partial charge in [0.2, 0.25) is 5.95 Å². The van der Waals surface area contributed by atoms with Crippen LogP contribution in [0.1, 0.15) is 57.6 Å². The molecule has 1 aliphatic rings. The molecule has 0 aliphatic heterocycles. The summed E-state index contributed by atoms with van der Waals surface area (Å²) < 4.78 is 5.35. The number of benzene rings is 1. The molecule has 2 heterocycles. The second-order valence-electron chi connectivity index (χ2n) is 10.4. The molecule has 35 heavy (non-hydrogen) atoms. The molecule has 0 amide bonds. The topological polar surface area (TPSA) is 89.0 Å². The van der Waals surface area contributed by atoms with Crippen molar-refractivity contribution >= 4 is 40.2 Å². The zero-order valence-electron chi connectivity index (χ0n) is 20.9. The van der Waals surface area contributed by atoms with Crippen molar-refractivity contribution in [1.82, 2.24) is 15.0 Å². The smallest absolute Gasteiger partial charge is 0.310 e. The molecule has 0 unspecified atom stereocenters. The number of pyridine rings is 1. The van der Waals surface area contributed by atoms with E-state index in [1.54, 1.807) is 12.4 Å². The molecule has 1 aromatic carbocycles. The highest BCUT2D eigenvalue weighted by Gasteiger charge is 2.22. The lowest BCUT2D eigenvalue weighted by molar-refractivity contribution is -0.153. The number of halogens is 1. The summed E-state index contributed by atoms with van der Waals surface area (Å²) in [5.41, 5.74) is 2.15. The second-order valence-corrected chi connectivity index (χ2v) is 10.8. The van der Waals surface area contributed by atoms with Gasteiger partial charge >= 0.3 is 5.97 Å². The number of esters is 1. The first kappa shape index (κ1) is 25.2. The predicted molar refractivity (Wildman–Crippen MR) is 141 cm³/mol. The molecular formula is C27H34ClN5O2. The van der Waals surface area contributed by atoms with E-state index in [0.717, 1.165) is 65.1 Å². The number of aryl methyl sites for hydroxylation is 1. The van der Waals surface area contributed by atoms with Crippen LogP contribution in [0.4, 0.5) is 11.8 Å². The van der Waals surface area contributed by atoms with Gasteiger partial charge in [-0.1, -0.05) is 23.7 Å². The van der Waals surface area contributed by atoms with E-state index in [4.69, 9.17) is 21.3 Å². The second kappa shape index (κ2) is 10.8. The van der Waals surface area contributed by atoms with Crippen molar-refractivity contribution in [2.24, 2.45) is 5.92 Å². The van der Waals surface area contributed by atoms with Crippen molar-refractivity contribution in [2.45, 2.75) is 71.4 Å². The van der Waals surface area contributed by atoms with E-state index in [0.29, 0.717) is 17.9 Å². The fraction of sp³-hybridized carbons (Fsp3) is 0.481. The minimum Gasteiger partial charge on any atom is -0.460 e. The number of carbonyl (C=O) groups is 1. The zero-order chi connectivity index (χ0) is 25.0. The van der Waals surface area contributed by atoms with E-state index < -0.39 is 5.60 Å². The summed E-state index contributed by atoms with van der Waals surface area (Å²) in [7, 11) is 0. The molecule has 2 N–H and O–H groups in total. The Hall–Kier alpha value is -2.93. The SMILES string of the molecule is Cc1ccc2ccc(N[C@H]3CC[C@H](CNc4ncc(CC(=O)OC(C)(C)C)cn4)CC3)nc2c1Cl. The highest BCUT2D eigenvalue weighted by molar-refractivity contribution is 6.35. The molecule has 3 aromatic rings. The van der Waals surface area contributed by atoms with Gasteiger partial charge in [0, 0.05) is 35.9 Å². The fourth-order valence-electron chi connectivity index (χ4n) is 4.37. The first-order chi connectivity index (χ1) is 16.7. The first-order valence-electron chi connectivity index (χ1n) is 12.3. The summed E-state index contributed by atoms with van der Waals surface area (Å²) in [4.78, 5) is 25.5. The van der Waals surface area contributed by atoms with Gasteiger partial charge in [-0.05, 0) is 77.0 Å². The number of anilines is 2. The number of nitrogens with one attached hydrogen (secondary N) is 2. The molecule has 0 spiro atoms. The Balaban J connectivity index is 1.22. The van der Waals surface area contributed by atoms with Gasteiger partial charge in [0.1, 0.15) is 11.4 Å². The summed E-state index contributed by atoms with van der Waals surface area (Å²) in [6.07, 6.45) is 7.96. The Labute approximate surface area is 212 Å². The summed E-state index contributed by atoms with van der Waals surface area (Å²) in [5, 5.41) is 8.72. The largest absolute Gasteiger partial charge is 0.460 e. The van der Waals surface area contributed by atoms with Crippen LogP contribution in [0.2, 0.25) is 5.02 Å². The van der Waals surface area contributed by atoms with E-state index in [9.17, 15) is 4.79 Å². The van der Waals surface area contributed by atoms with Gasteiger partial charge < -0.3 is 15.4 Å². The average molecular weight is 496 g/mol. The van der Waals surface area contributed by atoms with Crippen molar-refractivity contribution in [3.8, 4) is 0 Å². The van der Waals surface area contributed by atoms with Crippen molar-refractivity contribution in [3.05, 3.63) is 52.8 Å². The van der Waals surface area contributed by atoms with Crippen LogP contribution in [-0.2, 0) is 16.0 Å². The maximum Gasteiger partial charge on any atom is 0.310 e. The zero-order valence-corrected chi connectivity index (χ0v) is 21.7. The number of hydrogen-bond donors (Lipinski definition) is 2. The Kier molecular flexibility index (Phi) is 7.75. The lowest BCUT2D eigenvalue weighted by Gasteiger charge is -2.29. The minimum absolute atomic E-state index is 0.173. The van der Waals surface area contributed by atoms with Crippen LogP contribution in [0.5, 0.6) is 0 Å². The number of nitrogens with zero attached hydrogens (tertiary/aromatic N) is 3. The van der Waals surface area contributed by atoms with E-state index in [1.807, 2.05) is 39.8 Å². The Morgan fingerprint density at radius 3 is 2.46 bits per heavy atom. The summed E-state index contributed by atoms with van der Waals surface area (Å²) >= 11 is 6.47. The van der Waals surface area contributed by atoms with E-state index in [2.05, 4.69) is 32.7 Å². The molecule has 8 heteroatoms. The van der Waals surface area contributed by atoms with Crippen LogP contribution in [0.15, 0.2) is 36.7 Å². The summed E-state index contributed by atoms with van der Waals surface area (Å²) in [5.74, 6) is 1.76. The van der Waals surface area contributed by atoms with E-state index in [-0.39, 0.29) is 12.4 Å². The van der Waals surface area contributed by atoms with Gasteiger partial charge in [-0.15, -0.1) is 0 Å². The van der Waals surface area contributed by atoms with Gasteiger partial charge in [0.25, 0.3) is 0 Å². The van der Waals surface area contributed by atoms with Gasteiger partial charge in [-0.2, -0.15) is 0 Å². The van der Waals surface area contributed by atoms with Crippen molar-refractivity contribution in [2.75, 3.05) is 17.2 Å². The Morgan fingerprint density at radius 1 is 1.09 bits per heavy atom. The molecule has 186 valence electrons. The Bertz CT molecular complexity index is 1170. The third kappa shape index (κ3) is 7.04. The van der Waals surface area contributed by atoms with Crippen LogP contribution in [-0.4, -0.2) is 39.1 Å². The monoisotopic (exact) mass is 495 g/mol. The normalized spacial score (nSPS) is 18.3. The molecule has 0 atom stereocenters. The molecule has 7 nitrogen and oxygen atoms in total. The van der Waals surface area contributed by atoms with Gasteiger partial charge in [-0.3, -0.25) is 4.79 Å². The van der Waals surface area contributed by atoms with Crippen LogP contribution in [0, 0.1) is 12.8 Å². The van der Waals surface area contributed by atoms with E-state index >= 15 is 0 Å². The summed E-state index contributed by atoms with van der Waals surface area (Å²) in [6, 6.07) is 8.60. The molecule has 1 aliphatic carbocycles. The van der Waals surface area contributed by atoms with Gasteiger partial charge in [-0.25, -0.2) is 15.0 Å². The van der Waals surface area contributed by atoms with Crippen molar-refractivity contribution in [1.29, 1.82) is 0 Å². The third-order valence-electron chi connectivity index (χ3n) is 6.21. The standard InChI is InChI=1S/C27H34ClN5O2/c1-17-5-8-20-9-12-22(33-25(20)24(17)28)32-21-10-6-18(7-11-21)14-29-26-30-15-19(16-31-26)13-23(34)35-27(2,3)4/h5,8-9,12,15-16,18,21H,6-7,10-11,13-14H2,1-4H3,(H,32,33)(H,29,30,31)/t18-,21-. The number of hydrogen-bond acceptors (Lipinski definition) is 7. The van der Waals surface area contributed by atoms with Gasteiger partial charge in [0.15, 0.2) is 0 Å². The Morgan fingerprint density at radius 2 is 1.77 bits per heavy atom. The van der Waals surface area contributed by atoms with E-state index in [1.165, 1.54) is 0 Å². The fourth-order valence-corrected chi connectivity index (χ4v) is 4.59. The van der Waals surface area contributed by atoms with Crippen molar-refractivity contribution < 1.29 is 9.53 Å². The predicted octanol–water partition coefficient (Wildman–Crippen LogP) is 5.95. The lowest BCUT2D eigenvalue weighted by Crippen LogP contribution is -2.29. The first-order valence-corrected chi connectivity index (χ1v) is 12.6. The minimum atomic E-state index is -0.493. The molecule has 2 aromatic heterocycles. The number of rotatable bonds is 7. The maximum absolute atomic E-state index is 12.0. The molecular weight excluding hydrogens is 462 g/mol. The van der Waals surface area contributed by atoms with Crippen LogP contribution in [0.3, 0.4) is 0 Å². The van der Waals surface area contributed by atoms with Gasteiger partial charge in [0.05, 0.1) is 17.0 Å². The highest BCUT2D eigenvalue weighted by Crippen LogP contribution is 2.29. The number of fused-ring (bicyclic) bond motifs is 1. The number of aromatic nitrogens is 3. The number of ether oxygens (including phenoxy) is 1. The third-order valence-corrected chi connectivity index (χ3v) is 6.69. The number of carbonyl (C=O) groups excluding carboxylic acids is 1. The van der Waals surface area contributed by atoms with Crippen LogP contribution >= 0.6 is 11.6 Å². The molecule has 0 radical (unpaired) electrons. The van der Waals surface area contributed by atoms with Crippen LogP contribution < -0.4 is 10.6 Å². The summed E-state index contributed by atoms with van der Waals surface area (Å²) in [6.45, 7) is 8.41. The molecule has 0 saturated heterocycles. The lowest BCUT2D eigenvalue weighted by atomic mass is 9.86. The molecule has 1 saturated carbocycles. The molecule has 1 fully saturated rings. The maximum atomic E-state index is 12.0. The molecule has 4 rings (SSSR count).